The van der Waals surface area contributed by atoms with Gasteiger partial charge in [-0.25, -0.2) is 0 Å². The maximum absolute atomic E-state index is 9.50. The summed E-state index contributed by atoms with van der Waals surface area (Å²) in [5.41, 5.74) is -2.50. The molecule has 0 saturated carbocycles. The number of quaternary nitrogens is 1. The van der Waals surface area contributed by atoms with Crippen LogP contribution in [0.2, 0.25) is 0 Å². The minimum Gasteiger partial charge on any atom is -0.318 e. The third-order valence-corrected chi connectivity index (χ3v) is 3.43. The summed E-state index contributed by atoms with van der Waals surface area (Å²) >= 11 is 0. The second-order valence-corrected chi connectivity index (χ2v) is 4.78. The lowest BCUT2D eigenvalue weighted by Gasteiger charge is -2.48. The summed E-state index contributed by atoms with van der Waals surface area (Å²) < 4.78 is 29.7. The SMILES string of the molecule is CC[N+](C(C)C)(C(C)C)C(C)C.FN(F)F. The van der Waals surface area contributed by atoms with E-state index in [4.69, 9.17) is 0 Å². The molecule has 0 unspecified atom stereocenters. The third kappa shape index (κ3) is 5.16. The molecule has 0 spiro atoms. The lowest BCUT2D eigenvalue weighted by Crippen LogP contribution is -2.61. The van der Waals surface area contributed by atoms with Crippen molar-refractivity contribution in [2.24, 2.45) is 0 Å². The highest BCUT2D eigenvalue weighted by Gasteiger charge is 2.35. The molecule has 0 rings (SSSR count). The van der Waals surface area contributed by atoms with Gasteiger partial charge in [0.15, 0.2) is 5.57 Å². The van der Waals surface area contributed by atoms with Crippen molar-refractivity contribution in [3.63, 3.8) is 0 Å². The molecule has 0 aromatic rings. The van der Waals surface area contributed by atoms with Crippen LogP contribution in [0.3, 0.4) is 0 Å². The topological polar surface area (TPSA) is 3.24 Å². The highest BCUT2D eigenvalue weighted by molar-refractivity contribution is 4.56. The van der Waals surface area contributed by atoms with Gasteiger partial charge in [0, 0.05) is 0 Å². The van der Waals surface area contributed by atoms with E-state index in [2.05, 4.69) is 48.5 Å². The summed E-state index contributed by atoms with van der Waals surface area (Å²) in [5, 5.41) is 0. The molecule has 0 aromatic heterocycles. The Morgan fingerprint density at radius 1 is 0.812 bits per heavy atom. The fraction of sp³-hybridized carbons (Fsp3) is 1.00. The van der Waals surface area contributed by atoms with Crippen molar-refractivity contribution >= 4 is 0 Å². The molecule has 0 bridgehead atoms. The quantitative estimate of drug-likeness (QED) is 0.533. The second kappa shape index (κ2) is 7.90. The van der Waals surface area contributed by atoms with Crippen molar-refractivity contribution in [1.29, 1.82) is 0 Å². The summed E-state index contributed by atoms with van der Waals surface area (Å²) in [7, 11) is 0. The van der Waals surface area contributed by atoms with E-state index in [0.717, 1.165) is 18.1 Å². The van der Waals surface area contributed by atoms with Crippen LogP contribution in [0, 0.1) is 0 Å². The average molecular weight is 243 g/mol. The van der Waals surface area contributed by atoms with E-state index in [1.807, 2.05) is 0 Å². The zero-order chi connectivity index (χ0) is 13.5. The largest absolute Gasteiger partial charge is 0.318 e. The molecule has 0 amide bonds. The van der Waals surface area contributed by atoms with Crippen molar-refractivity contribution < 1.29 is 17.9 Å². The minimum absolute atomic E-state index is 0.731. The van der Waals surface area contributed by atoms with Crippen molar-refractivity contribution in [2.45, 2.75) is 66.6 Å². The van der Waals surface area contributed by atoms with E-state index < -0.39 is 5.57 Å². The molecule has 0 fully saturated rings. The van der Waals surface area contributed by atoms with Gasteiger partial charge in [0.05, 0.1) is 24.7 Å². The predicted octanol–water partition coefficient (Wildman–Crippen LogP) is 3.99. The molecule has 0 aliphatic carbocycles. The first-order chi connectivity index (χ1) is 7.12. The normalized spacial score (nSPS) is 12.4. The van der Waals surface area contributed by atoms with Crippen molar-refractivity contribution in [3.8, 4) is 0 Å². The van der Waals surface area contributed by atoms with Crippen LogP contribution in [-0.4, -0.2) is 34.7 Å². The van der Waals surface area contributed by atoms with Gasteiger partial charge in [-0.1, -0.05) is 13.4 Å². The molecule has 5 heteroatoms. The summed E-state index contributed by atoms with van der Waals surface area (Å²) in [4.78, 5) is 0. The Morgan fingerprint density at radius 2 is 1.00 bits per heavy atom. The second-order valence-electron chi connectivity index (χ2n) is 4.78. The van der Waals surface area contributed by atoms with Crippen molar-refractivity contribution in [1.82, 2.24) is 5.57 Å². The fourth-order valence-corrected chi connectivity index (χ4v) is 2.88. The van der Waals surface area contributed by atoms with E-state index in [-0.39, 0.29) is 0 Å². The van der Waals surface area contributed by atoms with Crippen LogP contribution >= 0.6 is 0 Å². The summed E-state index contributed by atoms with van der Waals surface area (Å²) in [6.45, 7) is 17.6. The van der Waals surface area contributed by atoms with Crippen LogP contribution < -0.4 is 0 Å². The Labute approximate surface area is 97.4 Å². The fourth-order valence-electron chi connectivity index (χ4n) is 2.88. The van der Waals surface area contributed by atoms with E-state index in [1.54, 1.807) is 0 Å². The van der Waals surface area contributed by atoms with Gasteiger partial charge in [0.1, 0.15) is 0 Å². The van der Waals surface area contributed by atoms with Crippen LogP contribution in [0.15, 0.2) is 0 Å². The maximum Gasteiger partial charge on any atom is 0.199 e. The molecular formula is C11H26F3N2+. The van der Waals surface area contributed by atoms with Gasteiger partial charge in [-0.15, -0.1) is 0 Å². The van der Waals surface area contributed by atoms with Gasteiger partial charge in [-0.05, 0) is 48.5 Å². The van der Waals surface area contributed by atoms with E-state index in [0.29, 0.717) is 0 Å². The van der Waals surface area contributed by atoms with Gasteiger partial charge in [0.25, 0.3) is 0 Å². The smallest absolute Gasteiger partial charge is 0.199 e. The zero-order valence-corrected chi connectivity index (χ0v) is 11.5. The van der Waals surface area contributed by atoms with Gasteiger partial charge in [0.2, 0.25) is 0 Å². The monoisotopic (exact) mass is 243 g/mol. The van der Waals surface area contributed by atoms with E-state index in [9.17, 15) is 13.4 Å². The number of hydrogen-bond acceptors (Lipinski definition) is 1. The molecule has 0 radical (unpaired) electrons. The van der Waals surface area contributed by atoms with E-state index >= 15 is 0 Å². The van der Waals surface area contributed by atoms with E-state index in [1.165, 1.54) is 11.0 Å². The predicted molar refractivity (Wildman–Crippen MR) is 61.4 cm³/mol. The number of halogens is 3. The van der Waals surface area contributed by atoms with Gasteiger partial charge >= 0.3 is 0 Å². The third-order valence-electron chi connectivity index (χ3n) is 3.43. The number of hydrogen-bond donors (Lipinski definition) is 0. The zero-order valence-electron chi connectivity index (χ0n) is 11.5. The number of nitrogens with zero attached hydrogens (tertiary/aromatic N) is 2. The molecular weight excluding hydrogens is 217 g/mol. The molecule has 0 aromatic carbocycles. The first-order valence-corrected chi connectivity index (χ1v) is 5.77. The average Bonchev–Trinajstić information content (AvgIpc) is 2.02. The summed E-state index contributed by atoms with van der Waals surface area (Å²) in [6.07, 6.45) is 0. The maximum atomic E-state index is 9.50. The first kappa shape index (κ1) is 18.1. The van der Waals surface area contributed by atoms with Crippen molar-refractivity contribution in [3.05, 3.63) is 0 Å². The van der Waals surface area contributed by atoms with Crippen LogP contribution in [0.1, 0.15) is 48.5 Å². The van der Waals surface area contributed by atoms with Crippen LogP contribution in [0.4, 0.5) is 13.4 Å². The molecule has 0 heterocycles. The van der Waals surface area contributed by atoms with Crippen LogP contribution in [0.25, 0.3) is 0 Å². The molecule has 0 aliphatic heterocycles. The lowest BCUT2D eigenvalue weighted by molar-refractivity contribution is -0.983. The van der Waals surface area contributed by atoms with Gasteiger partial charge in [-0.3, -0.25) is 0 Å². The number of rotatable bonds is 4. The Morgan fingerprint density at radius 3 is 1.00 bits per heavy atom. The Balaban J connectivity index is 0. The molecule has 16 heavy (non-hydrogen) atoms. The molecule has 0 N–H and O–H groups in total. The highest BCUT2D eigenvalue weighted by Crippen LogP contribution is 2.23. The standard InChI is InChI=1S/C11H26N.F3N/c1-8-12(9(2)3,10(4)5)11(6)7;1-4(2)3/h9-11H,8H2,1-7H3;/q+1;. The summed E-state index contributed by atoms with van der Waals surface area (Å²) in [6, 6.07) is 2.19. The molecule has 0 aliphatic rings. The first-order valence-electron chi connectivity index (χ1n) is 5.77. The summed E-state index contributed by atoms with van der Waals surface area (Å²) in [5.74, 6) is 0. The molecule has 100 valence electrons. The van der Waals surface area contributed by atoms with Crippen molar-refractivity contribution in [2.75, 3.05) is 6.54 Å². The van der Waals surface area contributed by atoms with Crippen LogP contribution in [-0.2, 0) is 0 Å². The molecule has 2 nitrogen and oxygen atoms in total. The van der Waals surface area contributed by atoms with Crippen LogP contribution in [0.5, 0.6) is 0 Å². The minimum atomic E-state index is -2.50. The molecule has 0 saturated heterocycles. The highest BCUT2D eigenvalue weighted by atomic mass is 19.5. The lowest BCUT2D eigenvalue weighted by atomic mass is 10.1. The van der Waals surface area contributed by atoms with Gasteiger partial charge < -0.3 is 4.48 Å². The van der Waals surface area contributed by atoms with Gasteiger partial charge in [-0.2, -0.15) is 0 Å². The Hall–Kier alpha value is -0.290. The Bertz CT molecular complexity index is 146. The Kier molecular flexibility index (Phi) is 8.93. The molecule has 0 atom stereocenters.